The average molecular weight is 268 g/mol. The van der Waals surface area contributed by atoms with Crippen molar-refractivity contribution in [1.29, 1.82) is 0 Å². The molecule has 0 aliphatic rings. The molecule has 1 aromatic carbocycles. The summed E-state index contributed by atoms with van der Waals surface area (Å²) >= 11 is 0. The lowest BCUT2D eigenvalue weighted by molar-refractivity contribution is -0.129. The first kappa shape index (κ1) is 15.4. The Hall–Kier alpha value is -1.62. The van der Waals surface area contributed by atoms with Crippen LogP contribution in [0.3, 0.4) is 0 Å². The molecular weight excluding hydrogens is 247 g/mol. The van der Waals surface area contributed by atoms with Gasteiger partial charge in [-0.25, -0.2) is 4.39 Å². The van der Waals surface area contributed by atoms with Gasteiger partial charge >= 0.3 is 0 Å². The first-order valence-electron chi connectivity index (χ1n) is 6.42. The van der Waals surface area contributed by atoms with E-state index in [-0.39, 0.29) is 24.6 Å². The van der Waals surface area contributed by atoms with Gasteiger partial charge in [0.15, 0.2) is 0 Å². The van der Waals surface area contributed by atoms with Crippen LogP contribution in [0, 0.1) is 5.82 Å². The summed E-state index contributed by atoms with van der Waals surface area (Å²) in [7, 11) is 1.72. The highest BCUT2D eigenvalue weighted by Gasteiger charge is 2.16. The second-order valence-corrected chi connectivity index (χ2v) is 4.32. The van der Waals surface area contributed by atoms with Gasteiger partial charge in [0.25, 0.3) is 0 Å². The van der Waals surface area contributed by atoms with Gasteiger partial charge in [0.2, 0.25) is 5.91 Å². The number of nitrogens with zero attached hydrogens (tertiary/aromatic N) is 2. The number of rotatable bonds is 6. The van der Waals surface area contributed by atoms with E-state index in [9.17, 15) is 14.3 Å². The zero-order valence-electron chi connectivity index (χ0n) is 11.7. The van der Waals surface area contributed by atoms with E-state index in [4.69, 9.17) is 0 Å². The van der Waals surface area contributed by atoms with Crippen molar-refractivity contribution in [1.82, 2.24) is 4.90 Å². The van der Waals surface area contributed by atoms with E-state index in [0.717, 1.165) is 0 Å². The van der Waals surface area contributed by atoms with Gasteiger partial charge in [-0.1, -0.05) is 6.07 Å². The maximum absolute atomic E-state index is 13.6. The van der Waals surface area contributed by atoms with E-state index in [1.54, 1.807) is 29.0 Å². The number of benzene rings is 1. The number of amides is 1. The maximum atomic E-state index is 13.6. The summed E-state index contributed by atoms with van der Waals surface area (Å²) in [5.41, 5.74) is 0.764. The molecule has 1 N–H and O–H groups in total. The second-order valence-electron chi connectivity index (χ2n) is 4.32. The second kappa shape index (κ2) is 7.09. The third-order valence-corrected chi connectivity index (χ3v) is 3.15. The van der Waals surface area contributed by atoms with E-state index >= 15 is 0 Å². The van der Waals surface area contributed by atoms with Crippen molar-refractivity contribution in [3.8, 4) is 0 Å². The normalized spacial score (nSPS) is 10.4. The Labute approximate surface area is 113 Å². The highest BCUT2D eigenvalue weighted by Crippen LogP contribution is 2.22. The number of likely N-dealkylation sites (N-methyl/N-ethyl adjacent to an activating group) is 2. The van der Waals surface area contributed by atoms with Crippen LogP contribution in [0.5, 0.6) is 0 Å². The molecule has 0 aliphatic heterocycles. The summed E-state index contributed by atoms with van der Waals surface area (Å²) in [4.78, 5) is 15.4. The summed E-state index contributed by atoms with van der Waals surface area (Å²) in [6.07, 6.45) is 0. The summed E-state index contributed by atoms with van der Waals surface area (Å²) < 4.78 is 13.6. The third-order valence-electron chi connectivity index (χ3n) is 3.15. The average Bonchev–Trinajstić information content (AvgIpc) is 2.39. The Kier molecular flexibility index (Phi) is 5.76. The minimum atomic E-state index is -0.456. The number of hydrogen-bond acceptors (Lipinski definition) is 3. The Balaban J connectivity index is 2.86. The minimum Gasteiger partial charge on any atom is -0.391 e. The fourth-order valence-electron chi connectivity index (χ4n) is 2.03. The first-order chi connectivity index (χ1) is 9.04. The van der Waals surface area contributed by atoms with Crippen molar-refractivity contribution in [2.45, 2.75) is 20.5 Å². The lowest BCUT2D eigenvalue weighted by Crippen LogP contribution is -2.39. The number of carbonyl (C=O) groups is 1. The van der Waals surface area contributed by atoms with Crippen molar-refractivity contribution >= 4 is 11.6 Å². The van der Waals surface area contributed by atoms with Crippen LogP contribution in [0.1, 0.15) is 19.4 Å². The molecule has 0 saturated carbocycles. The van der Waals surface area contributed by atoms with Gasteiger partial charge in [0.05, 0.1) is 13.2 Å². The number of hydrogen-bond donors (Lipinski definition) is 1. The molecule has 1 aromatic rings. The van der Waals surface area contributed by atoms with Crippen LogP contribution in [0.2, 0.25) is 0 Å². The standard InChI is InChI=1S/C14H21FN2O2/c1-4-17(5-2)14(19)9-16(3)13-8-6-7-12(15)11(13)10-18/h6-8,18H,4-5,9-10H2,1-3H3. The quantitative estimate of drug-likeness (QED) is 0.852. The molecule has 5 heteroatoms. The Morgan fingerprint density at radius 1 is 1.32 bits per heavy atom. The third kappa shape index (κ3) is 3.67. The van der Waals surface area contributed by atoms with Crippen molar-refractivity contribution < 1.29 is 14.3 Å². The highest BCUT2D eigenvalue weighted by molar-refractivity contribution is 5.81. The molecule has 0 spiro atoms. The molecule has 19 heavy (non-hydrogen) atoms. The van der Waals surface area contributed by atoms with Gasteiger partial charge in [-0.15, -0.1) is 0 Å². The summed E-state index contributed by atoms with van der Waals surface area (Å²) in [5.74, 6) is -0.470. The molecule has 1 rings (SSSR count). The molecule has 106 valence electrons. The SMILES string of the molecule is CCN(CC)C(=O)CN(C)c1cccc(F)c1CO. The highest BCUT2D eigenvalue weighted by atomic mass is 19.1. The summed E-state index contributed by atoms with van der Waals surface area (Å²) in [5, 5.41) is 9.22. The molecule has 0 saturated heterocycles. The minimum absolute atomic E-state index is 0.0133. The molecule has 4 nitrogen and oxygen atoms in total. The summed E-state index contributed by atoms with van der Waals surface area (Å²) in [6, 6.07) is 4.57. The molecular formula is C14H21FN2O2. The van der Waals surface area contributed by atoms with Gasteiger partial charge in [0.1, 0.15) is 5.82 Å². The van der Waals surface area contributed by atoms with E-state index in [1.165, 1.54) is 6.07 Å². The maximum Gasteiger partial charge on any atom is 0.242 e. The van der Waals surface area contributed by atoms with Gasteiger partial charge in [-0.05, 0) is 26.0 Å². The van der Waals surface area contributed by atoms with Crippen LogP contribution < -0.4 is 4.90 Å². The molecule has 0 heterocycles. The molecule has 0 bridgehead atoms. The molecule has 0 aromatic heterocycles. The predicted octanol–water partition coefficient (Wildman–Crippen LogP) is 1.62. The molecule has 0 fully saturated rings. The van der Waals surface area contributed by atoms with Crippen molar-refractivity contribution in [2.75, 3.05) is 31.6 Å². The Bertz CT molecular complexity index is 433. The zero-order valence-corrected chi connectivity index (χ0v) is 11.7. The van der Waals surface area contributed by atoms with Crippen molar-refractivity contribution in [2.24, 2.45) is 0 Å². The van der Waals surface area contributed by atoms with E-state index in [2.05, 4.69) is 0 Å². The zero-order chi connectivity index (χ0) is 14.4. The Morgan fingerprint density at radius 2 is 1.95 bits per heavy atom. The van der Waals surface area contributed by atoms with Crippen LogP contribution in [0.4, 0.5) is 10.1 Å². The van der Waals surface area contributed by atoms with Crippen LogP contribution in [0.25, 0.3) is 0 Å². The smallest absolute Gasteiger partial charge is 0.242 e. The fourth-order valence-corrected chi connectivity index (χ4v) is 2.03. The number of anilines is 1. The van der Waals surface area contributed by atoms with Gasteiger partial charge in [-0.2, -0.15) is 0 Å². The van der Waals surface area contributed by atoms with Gasteiger partial charge in [0, 0.05) is 31.4 Å². The monoisotopic (exact) mass is 268 g/mol. The fraction of sp³-hybridized carbons (Fsp3) is 0.500. The van der Waals surface area contributed by atoms with Crippen molar-refractivity contribution in [3.05, 3.63) is 29.6 Å². The molecule has 0 unspecified atom stereocenters. The molecule has 0 radical (unpaired) electrons. The lowest BCUT2D eigenvalue weighted by atomic mass is 10.1. The largest absolute Gasteiger partial charge is 0.391 e. The van der Waals surface area contributed by atoms with E-state index in [0.29, 0.717) is 18.8 Å². The lowest BCUT2D eigenvalue weighted by Gasteiger charge is -2.25. The number of carbonyl (C=O) groups excluding carboxylic acids is 1. The van der Waals surface area contributed by atoms with E-state index in [1.807, 2.05) is 13.8 Å². The topological polar surface area (TPSA) is 43.8 Å². The number of aliphatic hydroxyl groups is 1. The van der Waals surface area contributed by atoms with Gasteiger partial charge < -0.3 is 14.9 Å². The van der Waals surface area contributed by atoms with E-state index < -0.39 is 5.82 Å². The number of aliphatic hydroxyl groups excluding tert-OH is 1. The van der Waals surface area contributed by atoms with Crippen LogP contribution in [-0.4, -0.2) is 42.6 Å². The number of halogens is 1. The predicted molar refractivity (Wildman–Crippen MR) is 73.5 cm³/mol. The molecule has 0 aliphatic carbocycles. The van der Waals surface area contributed by atoms with Crippen LogP contribution in [-0.2, 0) is 11.4 Å². The van der Waals surface area contributed by atoms with Crippen LogP contribution in [0.15, 0.2) is 18.2 Å². The first-order valence-corrected chi connectivity index (χ1v) is 6.42. The molecule has 1 amide bonds. The van der Waals surface area contributed by atoms with Gasteiger partial charge in [-0.3, -0.25) is 4.79 Å². The molecule has 0 atom stereocenters. The Morgan fingerprint density at radius 3 is 2.47 bits per heavy atom. The van der Waals surface area contributed by atoms with Crippen molar-refractivity contribution in [3.63, 3.8) is 0 Å². The summed E-state index contributed by atoms with van der Waals surface area (Å²) in [6.45, 7) is 4.92. The van der Waals surface area contributed by atoms with Crippen LogP contribution >= 0.6 is 0 Å².